The molecule has 2 atom stereocenters. The van der Waals surface area contributed by atoms with Crippen LogP contribution in [0.5, 0.6) is 0 Å². The molecule has 4 rings (SSSR count). The number of benzene rings is 2. The first-order chi connectivity index (χ1) is 11.7. The molecule has 1 aliphatic rings. The van der Waals surface area contributed by atoms with E-state index in [9.17, 15) is 9.90 Å². The zero-order valence-corrected chi connectivity index (χ0v) is 13.3. The Morgan fingerprint density at radius 1 is 1.17 bits per heavy atom. The number of nitrogens with one attached hydrogen (secondary N) is 2. The van der Waals surface area contributed by atoms with E-state index in [1.165, 1.54) is 0 Å². The van der Waals surface area contributed by atoms with Crippen molar-refractivity contribution in [1.29, 1.82) is 0 Å². The number of carbonyl (C=O) groups excluding carboxylic acids is 1. The van der Waals surface area contributed by atoms with Gasteiger partial charge in [-0.15, -0.1) is 0 Å². The van der Waals surface area contributed by atoms with Crippen LogP contribution in [0.3, 0.4) is 0 Å². The van der Waals surface area contributed by atoms with Crippen LogP contribution in [0.1, 0.15) is 29.2 Å². The standard InChI is InChI=1S/C20H20N2O2/c23-18-11-13-5-1-2-7-16(13)20(18)22-19(24)10-9-14-12-21-17-8-4-3-6-15(14)17/h1-8,12,18,20-21,23H,9-11H2,(H,22,24)/t18-,20+/m0/s1. The van der Waals surface area contributed by atoms with E-state index in [0.29, 0.717) is 19.3 Å². The fourth-order valence-corrected chi connectivity index (χ4v) is 3.58. The molecule has 122 valence electrons. The van der Waals surface area contributed by atoms with Crippen LogP contribution in [-0.4, -0.2) is 22.1 Å². The summed E-state index contributed by atoms with van der Waals surface area (Å²) in [6.07, 6.45) is 3.12. The second-order valence-electron chi connectivity index (χ2n) is 6.37. The normalized spacial score (nSPS) is 19.4. The third kappa shape index (κ3) is 2.69. The maximum atomic E-state index is 12.4. The molecule has 1 heterocycles. The van der Waals surface area contributed by atoms with Crippen LogP contribution in [0.4, 0.5) is 0 Å². The summed E-state index contributed by atoms with van der Waals surface area (Å²) in [5.74, 6) is -0.0268. The van der Waals surface area contributed by atoms with Gasteiger partial charge in [0.2, 0.25) is 5.91 Å². The monoisotopic (exact) mass is 320 g/mol. The number of hydrogen-bond donors (Lipinski definition) is 3. The quantitative estimate of drug-likeness (QED) is 0.692. The molecular formula is C20H20N2O2. The molecule has 0 aliphatic heterocycles. The Balaban J connectivity index is 1.42. The van der Waals surface area contributed by atoms with E-state index >= 15 is 0 Å². The lowest BCUT2D eigenvalue weighted by molar-refractivity contribution is -0.122. The number of aryl methyl sites for hydroxylation is 1. The molecule has 0 fully saturated rings. The summed E-state index contributed by atoms with van der Waals surface area (Å²) in [5, 5.41) is 14.4. The smallest absolute Gasteiger partial charge is 0.220 e. The van der Waals surface area contributed by atoms with Crippen LogP contribution in [-0.2, 0) is 17.6 Å². The first-order valence-electron chi connectivity index (χ1n) is 8.32. The average molecular weight is 320 g/mol. The molecule has 0 bridgehead atoms. The SMILES string of the molecule is O=C(CCc1c[nH]c2ccccc12)N[C@@H]1c2ccccc2C[C@@H]1O. The van der Waals surface area contributed by atoms with Crippen LogP contribution in [0.2, 0.25) is 0 Å². The highest BCUT2D eigenvalue weighted by atomic mass is 16.3. The molecule has 3 aromatic rings. The first kappa shape index (κ1) is 15.0. The zero-order chi connectivity index (χ0) is 16.5. The molecule has 4 heteroatoms. The van der Waals surface area contributed by atoms with Gasteiger partial charge >= 0.3 is 0 Å². The van der Waals surface area contributed by atoms with Crippen molar-refractivity contribution in [1.82, 2.24) is 10.3 Å². The van der Waals surface area contributed by atoms with Gasteiger partial charge in [-0.25, -0.2) is 0 Å². The summed E-state index contributed by atoms with van der Waals surface area (Å²) in [7, 11) is 0. The molecule has 1 aromatic heterocycles. The highest BCUT2D eigenvalue weighted by molar-refractivity contribution is 5.84. The number of para-hydroxylation sites is 1. The Labute approximate surface area is 140 Å². The van der Waals surface area contributed by atoms with Crippen molar-refractivity contribution < 1.29 is 9.90 Å². The number of aromatic nitrogens is 1. The molecule has 0 spiro atoms. The molecule has 2 aromatic carbocycles. The van der Waals surface area contributed by atoms with Crippen LogP contribution in [0.25, 0.3) is 10.9 Å². The maximum absolute atomic E-state index is 12.4. The molecular weight excluding hydrogens is 300 g/mol. The molecule has 4 nitrogen and oxygen atoms in total. The summed E-state index contributed by atoms with van der Waals surface area (Å²) in [5.41, 5.74) is 4.39. The van der Waals surface area contributed by atoms with Gasteiger partial charge in [0.05, 0.1) is 12.1 Å². The molecule has 0 unspecified atom stereocenters. The highest BCUT2D eigenvalue weighted by Gasteiger charge is 2.31. The number of amides is 1. The number of rotatable bonds is 4. The minimum Gasteiger partial charge on any atom is -0.390 e. The predicted molar refractivity (Wildman–Crippen MR) is 93.7 cm³/mol. The van der Waals surface area contributed by atoms with Gasteiger partial charge in [0, 0.05) is 29.9 Å². The van der Waals surface area contributed by atoms with Crippen molar-refractivity contribution in [2.24, 2.45) is 0 Å². The summed E-state index contributed by atoms with van der Waals surface area (Å²) in [4.78, 5) is 15.6. The number of H-pyrrole nitrogens is 1. The van der Waals surface area contributed by atoms with Gasteiger partial charge in [-0.05, 0) is 29.2 Å². The van der Waals surface area contributed by atoms with Gasteiger partial charge in [-0.2, -0.15) is 0 Å². The van der Waals surface area contributed by atoms with E-state index in [1.54, 1.807) is 0 Å². The van der Waals surface area contributed by atoms with Gasteiger partial charge in [0.15, 0.2) is 0 Å². The number of aliphatic hydroxyl groups excluding tert-OH is 1. The van der Waals surface area contributed by atoms with Crippen LogP contribution >= 0.6 is 0 Å². The fourth-order valence-electron chi connectivity index (χ4n) is 3.58. The van der Waals surface area contributed by atoms with Crippen LogP contribution in [0.15, 0.2) is 54.7 Å². The summed E-state index contributed by atoms with van der Waals surface area (Å²) in [6, 6.07) is 15.7. The fraction of sp³-hybridized carbons (Fsp3) is 0.250. The van der Waals surface area contributed by atoms with E-state index in [0.717, 1.165) is 27.6 Å². The van der Waals surface area contributed by atoms with E-state index in [1.807, 2.05) is 48.7 Å². The lowest BCUT2D eigenvalue weighted by atomic mass is 10.1. The van der Waals surface area contributed by atoms with Gasteiger partial charge in [0.25, 0.3) is 0 Å². The lowest BCUT2D eigenvalue weighted by Crippen LogP contribution is -2.33. The topological polar surface area (TPSA) is 65.1 Å². The molecule has 0 radical (unpaired) electrons. The van der Waals surface area contributed by atoms with Crippen molar-refractivity contribution >= 4 is 16.8 Å². The van der Waals surface area contributed by atoms with E-state index in [4.69, 9.17) is 0 Å². The Kier molecular flexibility index (Phi) is 3.82. The minimum absolute atomic E-state index is 0.0268. The number of carbonyl (C=O) groups is 1. The molecule has 0 saturated heterocycles. The number of aliphatic hydroxyl groups is 1. The van der Waals surface area contributed by atoms with Crippen molar-refractivity contribution in [3.63, 3.8) is 0 Å². The van der Waals surface area contributed by atoms with Crippen molar-refractivity contribution in [2.75, 3.05) is 0 Å². The van der Waals surface area contributed by atoms with Gasteiger partial charge < -0.3 is 15.4 Å². The van der Waals surface area contributed by atoms with Crippen LogP contribution in [0, 0.1) is 0 Å². The molecule has 0 saturated carbocycles. The third-order valence-corrected chi connectivity index (χ3v) is 4.82. The maximum Gasteiger partial charge on any atom is 0.220 e. The van der Waals surface area contributed by atoms with E-state index < -0.39 is 6.10 Å². The van der Waals surface area contributed by atoms with Crippen molar-refractivity contribution in [3.8, 4) is 0 Å². The summed E-state index contributed by atoms with van der Waals surface area (Å²) < 4.78 is 0. The average Bonchev–Trinajstić information content (AvgIpc) is 3.15. The Bertz CT molecular complexity index is 884. The number of hydrogen-bond acceptors (Lipinski definition) is 2. The molecule has 24 heavy (non-hydrogen) atoms. The predicted octanol–water partition coefficient (Wildman–Crippen LogP) is 2.88. The van der Waals surface area contributed by atoms with Gasteiger partial charge in [-0.1, -0.05) is 42.5 Å². The Morgan fingerprint density at radius 2 is 1.96 bits per heavy atom. The van der Waals surface area contributed by atoms with Crippen molar-refractivity contribution in [2.45, 2.75) is 31.4 Å². The number of fused-ring (bicyclic) bond motifs is 2. The highest BCUT2D eigenvalue weighted by Crippen LogP contribution is 2.31. The Hall–Kier alpha value is -2.59. The van der Waals surface area contributed by atoms with E-state index in [-0.39, 0.29) is 11.9 Å². The van der Waals surface area contributed by atoms with Crippen LogP contribution < -0.4 is 5.32 Å². The molecule has 1 aliphatic carbocycles. The second-order valence-corrected chi connectivity index (χ2v) is 6.37. The third-order valence-electron chi connectivity index (χ3n) is 4.82. The Morgan fingerprint density at radius 3 is 2.88 bits per heavy atom. The van der Waals surface area contributed by atoms with Gasteiger partial charge in [0.1, 0.15) is 0 Å². The summed E-state index contributed by atoms with van der Waals surface area (Å²) >= 11 is 0. The minimum atomic E-state index is -0.542. The van der Waals surface area contributed by atoms with Crippen molar-refractivity contribution in [3.05, 3.63) is 71.4 Å². The molecule has 3 N–H and O–H groups in total. The largest absolute Gasteiger partial charge is 0.390 e. The number of aromatic amines is 1. The summed E-state index contributed by atoms with van der Waals surface area (Å²) in [6.45, 7) is 0. The lowest BCUT2D eigenvalue weighted by Gasteiger charge is -2.18. The molecule has 1 amide bonds. The zero-order valence-electron chi connectivity index (χ0n) is 13.3. The first-order valence-corrected chi connectivity index (χ1v) is 8.32. The van der Waals surface area contributed by atoms with Gasteiger partial charge in [-0.3, -0.25) is 4.79 Å². The second kappa shape index (κ2) is 6.13. The van der Waals surface area contributed by atoms with E-state index in [2.05, 4.69) is 16.4 Å².